The van der Waals surface area contributed by atoms with Crippen molar-refractivity contribution in [2.24, 2.45) is 0 Å². The topological polar surface area (TPSA) is 103 Å². The Balaban J connectivity index is 2.38. The molecule has 0 aliphatic heterocycles. The second-order valence-corrected chi connectivity index (χ2v) is 3.78. The third kappa shape index (κ3) is 4.19. The third-order valence-electron chi connectivity index (χ3n) is 2.21. The fraction of sp³-hybridized carbons (Fsp3) is 0.455. The Morgan fingerprint density at radius 2 is 2.28 bits per heavy atom. The van der Waals surface area contributed by atoms with Crippen molar-refractivity contribution in [3.05, 3.63) is 24.2 Å². The molecule has 18 heavy (non-hydrogen) atoms. The van der Waals surface area contributed by atoms with Crippen molar-refractivity contribution in [2.75, 3.05) is 26.7 Å². The van der Waals surface area contributed by atoms with Crippen molar-refractivity contribution in [3.63, 3.8) is 0 Å². The van der Waals surface area contributed by atoms with Crippen molar-refractivity contribution < 1.29 is 24.2 Å². The molecular weight excluding hydrogens is 240 g/mol. The Labute approximate surface area is 104 Å². The monoisotopic (exact) mass is 256 g/mol. The van der Waals surface area contributed by atoms with E-state index in [2.05, 4.69) is 5.32 Å². The van der Waals surface area contributed by atoms with Crippen molar-refractivity contribution >= 4 is 11.8 Å². The van der Waals surface area contributed by atoms with E-state index < -0.39 is 24.5 Å². The SMILES string of the molecule is CN(CC(=O)NCC(O)CO)C(=O)c1ccco1. The Morgan fingerprint density at radius 1 is 1.56 bits per heavy atom. The second kappa shape index (κ2) is 6.77. The Bertz CT molecular complexity index is 390. The molecule has 7 nitrogen and oxygen atoms in total. The van der Waals surface area contributed by atoms with Gasteiger partial charge in [0.05, 0.1) is 25.5 Å². The van der Waals surface area contributed by atoms with Crippen LogP contribution in [-0.2, 0) is 4.79 Å². The summed E-state index contributed by atoms with van der Waals surface area (Å²) in [6.45, 7) is -0.642. The van der Waals surface area contributed by atoms with Gasteiger partial charge < -0.3 is 24.8 Å². The number of amides is 2. The molecular formula is C11H16N2O5. The predicted octanol–water partition coefficient (Wildman–Crippen LogP) is -1.18. The molecule has 0 fully saturated rings. The van der Waals surface area contributed by atoms with Gasteiger partial charge in [-0.1, -0.05) is 0 Å². The highest BCUT2D eigenvalue weighted by atomic mass is 16.3. The molecule has 2 amide bonds. The van der Waals surface area contributed by atoms with Crippen LogP contribution in [0.3, 0.4) is 0 Å². The average Bonchev–Trinajstić information content (AvgIpc) is 2.88. The lowest BCUT2D eigenvalue weighted by atomic mass is 10.3. The van der Waals surface area contributed by atoms with Gasteiger partial charge >= 0.3 is 0 Å². The van der Waals surface area contributed by atoms with E-state index in [0.717, 1.165) is 0 Å². The first-order valence-electron chi connectivity index (χ1n) is 5.39. The van der Waals surface area contributed by atoms with Crippen LogP contribution in [0.15, 0.2) is 22.8 Å². The highest BCUT2D eigenvalue weighted by Crippen LogP contribution is 2.03. The van der Waals surface area contributed by atoms with E-state index in [0.29, 0.717) is 0 Å². The lowest BCUT2D eigenvalue weighted by Crippen LogP contribution is -2.41. The van der Waals surface area contributed by atoms with Gasteiger partial charge in [0.1, 0.15) is 0 Å². The number of carbonyl (C=O) groups is 2. The number of nitrogens with zero attached hydrogens (tertiary/aromatic N) is 1. The molecule has 100 valence electrons. The molecule has 7 heteroatoms. The van der Waals surface area contributed by atoms with E-state index >= 15 is 0 Å². The van der Waals surface area contributed by atoms with Gasteiger partial charge in [-0.25, -0.2) is 0 Å². The molecule has 0 spiro atoms. The summed E-state index contributed by atoms with van der Waals surface area (Å²) in [6, 6.07) is 3.09. The molecule has 3 N–H and O–H groups in total. The van der Waals surface area contributed by atoms with E-state index in [1.807, 2.05) is 0 Å². The zero-order chi connectivity index (χ0) is 13.5. The first-order chi connectivity index (χ1) is 8.54. The second-order valence-electron chi connectivity index (χ2n) is 3.78. The maximum atomic E-state index is 11.7. The zero-order valence-electron chi connectivity index (χ0n) is 10.00. The number of likely N-dealkylation sites (N-methyl/N-ethyl adjacent to an activating group) is 1. The summed E-state index contributed by atoms with van der Waals surface area (Å²) >= 11 is 0. The van der Waals surface area contributed by atoms with Gasteiger partial charge in [-0.2, -0.15) is 0 Å². The molecule has 1 aromatic rings. The van der Waals surface area contributed by atoms with Gasteiger partial charge in [0.2, 0.25) is 5.91 Å². The number of hydrogen-bond acceptors (Lipinski definition) is 5. The molecule has 0 aliphatic carbocycles. The van der Waals surface area contributed by atoms with E-state index in [1.165, 1.54) is 24.3 Å². The minimum Gasteiger partial charge on any atom is -0.459 e. The summed E-state index contributed by atoms with van der Waals surface area (Å²) in [5.41, 5.74) is 0. The minimum absolute atomic E-state index is 0.0574. The number of furan rings is 1. The summed E-state index contributed by atoms with van der Waals surface area (Å²) < 4.78 is 4.92. The first kappa shape index (κ1) is 14.2. The van der Waals surface area contributed by atoms with Gasteiger partial charge in [0.15, 0.2) is 5.76 Å². The number of hydrogen-bond donors (Lipinski definition) is 3. The van der Waals surface area contributed by atoms with Crippen LogP contribution >= 0.6 is 0 Å². The maximum Gasteiger partial charge on any atom is 0.289 e. The lowest BCUT2D eigenvalue weighted by molar-refractivity contribution is -0.122. The van der Waals surface area contributed by atoms with Gasteiger partial charge in [-0.15, -0.1) is 0 Å². The Morgan fingerprint density at radius 3 is 2.83 bits per heavy atom. The van der Waals surface area contributed by atoms with Crippen LogP contribution < -0.4 is 5.32 Å². The Hall–Kier alpha value is -1.86. The van der Waals surface area contributed by atoms with Gasteiger partial charge in [0.25, 0.3) is 5.91 Å². The fourth-order valence-corrected chi connectivity index (χ4v) is 1.23. The molecule has 1 unspecified atom stereocenters. The summed E-state index contributed by atoms with van der Waals surface area (Å²) in [5, 5.41) is 20.0. The summed E-state index contributed by atoms with van der Waals surface area (Å²) in [7, 11) is 1.47. The van der Waals surface area contributed by atoms with E-state index in [-0.39, 0.29) is 18.8 Å². The molecule has 0 bridgehead atoms. The van der Waals surface area contributed by atoms with Crippen LogP contribution in [0.25, 0.3) is 0 Å². The maximum absolute atomic E-state index is 11.7. The van der Waals surface area contributed by atoms with Crippen LogP contribution in [0, 0.1) is 0 Å². The average molecular weight is 256 g/mol. The van der Waals surface area contributed by atoms with E-state index in [1.54, 1.807) is 6.07 Å². The molecule has 0 aliphatic rings. The molecule has 1 rings (SSSR count). The highest BCUT2D eigenvalue weighted by Gasteiger charge is 2.17. The largest absolute Gasteiger partial charge is 0.459 e. The number of rotatable bonds is 6. The molecule has 0 saturated heterocycles. The van der Waals surface area contributed by atoms with Crippen molar-refractivity contribution in [2.45, 2.75) is 6.10 Å². The number of carbonyl (C=O) groups excluding carboxylic acids is 2. The number of aliphatic hydroxyl groups is 2. The molecule has 0 radical (unpaired) electrons. The number of nitrogens with one attached hydrogen (secondary N) is 1. The van der Waals surface area contributed by atoms with Crippen LogP contribution in [0.1, 0.15) is 10.6 Å². The Kier molecular flexibility index (Phi) is 5.34. The van der Waals surface area contributed by atoms with E-state index in [9.17, 15) is 9.59 Å². The lowest BCUT2D eigenvalue weighted by Gasteiger charge is -2.16. The predicted molar refractivity (Wildman–Crippen MR) is 61.8 cm³/mol. The first-order valence-corrected chi connectivity index (χ1v) is 5.39. The van der Waals surface area contributed by atoms with Crippen LogP contribution in [0.5, 0.6) is 0 Å². The molecule has 1 heterocycles. The molecule has 0 aromatic carbocycles. The summed E-state index contributed by atoms with van der Waals surface area (Å²) in [5.74, 6) is -0.677. The summed E-state index contributed by atoms with van der Waals surface area (Å²) in [6.07, 6.45) is 0.374. The zero-order valence-corrected chi connectivity index (χ0v) is 10.00. The van der Waals surface area contributed by atoms with Crippen molar-refractivity contribution in [1.29, 1.82) is 0 Å². The van der Waals surface area contributed by atoms with Crippen molar-refractivity contribution in [1.82, 2.24) is 10.2 Å². The van der Waals surface area contributed by atoms with Crippen LogP contribution in [0.2, 0.25) is 0 Å². The van der Waals surface area contributed by atoms with Gasteiger partial charge in [-0.05, 0) is 12.1 Å². The van der Waals surface area contributed by atoms with Crippen LogP contribution in [-0.4, -0.2) is 59.8 Å². The molecule has 1 aromatic heterocycles. The normalized spacial score (nSPS) is 11.9. The van der Waals surface area contributed by atoms with Gasteiger partial charge in [0, 0.05) is 13.6 Å². The van der Waals surface area contributed by atoms with Crippen molar-refractivity contribution in [3.8, 4) is 0 Å². The van der Waals surface area contributed by atoms with E-state index in [4.69, 9.17) is 14.6 Å². The smallest absolute Gasteiger partial charge is 0.289 e. The molecule has 0 saturated carbocycles. The van der Waals surface area contributed by atoms with Crippen LogP contribution in [0.4, 0.5) is 0 Å². The molecule has 1 atom stereocenters. The fourth-order valence-electron chi connectivity index (χ4n) is 1.23. The minimum atomic E-state index is -1.000. The number of aliphatic hydroxyl groups excluding tert-OH is 2. The van der Waals surface area contributed by atoms with Gasteiger partial charge in [-0.3, -0.25) is 9.59 Å². The highest BCUT2D eigenvalue weighted by molar-refractivity contribution is 5.94. The quantitative estimate of drug-likeness (QED) is 0.594. The standard InChI is InChI=1S/C11H16N2O5/c1-13(11(17)9-3-2-4-18-9)6-10(16)12-5-8(15)7-14/h2-4,8,14-15H,5-7H2,1H3,(H,12,16). The third-order valence-corrected chi connectivity index (χ3v) is 2.21. The summed E-state index contributed by atoms with van der Waals surface area (Å²) in [4.78, 5) is 24.3.